The molecule has 6 nitrogen and oxygen atoms in total. The lowest BCUT2D eigenvalue weighted by Crippen LogP contribution is -2.47. The van der Waals surface area contributed by atoms with Crippen molar-refractivity contribution in [1.29, 1.82) is 0 Å². The van der Waals surface area contributed by atoms with Crippen LogP contribution >= 0.6 is 11.3 Å². The summed E-state index contributed by atoms with van der Waals surface area (Å²) in [6.07, 6.45) is 5.77. The third-order valence-electron chi connectivity index (χ3n) is 4.82. The fourth-order valence-corrected chi connectivity index (χ4v) is 4.38. The Hall–Kier alpha value is -1.83. The lowest BCUT2D eigenvalue weighted by Gasteiger charge is -2.31. The van der Waals surface area contributed by atoms with Crippen LogP contribution in [0.3, 0.4) is 0 Å². The summed E-state index contributed by atoms with van der Waals surface area (Å²) < 4.78 is 5.83. The minimum absolute atomic E-state index is 0.114. The summed E-state index contributed by atoms with van der Waals surface area (Å²) in [7, 11) is 0. The maximum atomic E-state index is 12.9. The van der Waals surface area contributed by atoms with E-state index in [1.807, 2.05) is 23.8 Å². The van der Waals surface area contributed by atoms with Crippen LogP contribution in [0.25, 0.3) is 0 Å². The number of carbonyl (C=O) groups is 1. The molecule has 0 N–H and O–H groups in total. The molecule has 0 spiro atoms. The van der Waals surface area contributed by atoms with Gasteiger partial charge in [0.25, 0.3) is 0 Å². The fourth-order valence-electron chi connectivity index (χ4n) is 3.71. The average Bonchev–Trinajstić information content (AvgIpc) is 2.94. The lowest BCUT2D eigenvalue weighted by molar-refractivity contribution is -0.133. The number of thiophene rings is 1. The second kappa shape index (κ2) is 7.59. The van der Waals surface area contributed by atoms with Gasteiger partial charge in [0.15, 0.2) is 0 Å². The van der Waals surface area contributed by atoms with Gasteiger partial charge in [-0.2, -0.15) is 11.3 Å². The summed E-state index contributed by atoms with van der Waals surface area (Å²) in [6, 6.07) is 2.15. The van der Waals surface area contributed by atoms with Crippen LogP contribution in [0.1, 0.15) is 11.1 Å². The number of fused-ring (bicyclic) bond motifs is 3. The van der Waals surface area contributed by atoms with E-state index in [1.54, 1.807) is 17.7 Å². The van der Waals surface area contributed by atoms with Crippen LogP contribution in [0, 0.1) is 5.92 Å². The molecule has 2 fully saturated rings. The molecule has 132 valence electrons. The minimum atomic E-state index is 0.114. The van der Waals surface area contributed by atoms with Crippen LogP contribution in [0.5, 0.6) is 0 Å². The molecule has 2 aliphatic heterocycles. The lowest BCUT2D eigenvalue weighted by atomic mass is 10.1. The first kappa shape index (κ1) is 16.6. The van der Waals surface area contributed by atoms with Gasteiger partial charge in [-0.1, -0.05) is 0 Å². The Morgan fingerprint density at radius 1 is 1.20 bits per heavy atom. The average molecular weight is 358 g/mol. The highest BCUT2D eigenvalue weighted by atomic mass is 32.1. The normalized spacial score (nSPS) is 24.1. The molecule has 2 aromatic heterocycles. The fraction of sp³-hybridized carbons (Fsp3) is 0.500. The number of hydrogen-bond donors (Lipinski definition) is 0. The molecule has 4 heterocycles. The molecule has 2 saturated heterocycles. The molecule has 0 aromatic carbocycles. The van der Waals surface area contributed by atoms with Crippen LogP contribution in [0.2, 0.25) is 0 Å². The Balaban J connectivity index is 1.47. The summed E-state index contributed by atoms with van der Waals surface area (Å²) in [4.78, 5) is 25.5. The molecule has 2 bridgehead atoms. The molecule has 2 aliphatic rings. The van der Waals surface area contributed by atoms with Crippen molar-refractivity contribution in [3.63, 3.8) is 0 Å². The van der Waals surface area contributed by atoms with Crippen molar-refractivity contribution in [1.82, 2.24) is 19.8 Å². The van der Waals surface area contributed by atoms with Crippen LogP contribution in [-0.4, -0.2) is 64.6 Å². The molecule has 2 aromatic rings. The number of nitrogens with zero attached hydrogens (tertiary/aromatic N) is 4. The Labute approximate surface area is 151 Å². The van der Waals surface area contributed by atoms with E-state index in [4.69, 9.17) is 4.74 Å². The second-order valence-corrected chi connectivity index (χ2v) is 7.63. The van der Waals surface area contributed by atoms with E-state index in [2.05, 4.69) is 25.1 Å². The summed E-state index contributed by atoms with van der Waals surface area (Å²) in [6.45, 7) is 4.72. The van der Waals surface area contributed by atoms with Gasteiger partial charge in [-0.3, -0.25) is 9.69 Å². The molecule has 0 saturated carbocycles. The Morgan fingerprint density at radius 3 is 2.88 bits per heavy atom. The molecule has 2 atom stereocenters. The summed E-state index contributed by atoms with van der Waals surface area (Å²) in [5.41, 5.74) is 2.22. The van der Waals surface area contributed by atoms with Crippen LogP contribution in [0.15, 0.2) is 35.5 Å². The zero-order chi connectivity index (χ0) is 17.1. The van der Waals surface area contributed by atoms with Crippen molar-refractivity contribution in [3.05, 3.63) is 46.7 Å². The molecule has 0 radical (unpaired) electrons. The first-order valence-corrected chi connectivity index (χ1v) is 9.57. The van der Waals surface area contributed by atoms with E-state index in [0.29, 0.717) is 18.9 Å². The third kappa shape index (κ3) is 4.05. The third-order valence-corrected chi connectivity index (χ3v) is 5.55. The predicted octanol–water partition coefficient (Wildman–Crippen LogP) is 1.44. The zero-order valence-electron chi connectivity index (χ0n) is 14.1. The molecule has 25 heavy (non-hydrogen) atoms. The van der Waals surface area contributed by atoms with Gasteiger partial charge in [0.1, 0.15) is 6.33 Å². The summed E-state index contributed by atoms with van der Waals surface area (Å²) in [5, 5.41) is 4.08. The largest absolute Gasteiger partial charge is 0.379 e. The van der Waals surface area contributed by atoms with Crippen molar-refractivity contribution in [2.24, 2.45) is 5.92 Å². The first-order chi connectivity index (χ1) is 12.3. The highest BCUT2D eigenvalue weighted by molar-refractivity contribution is 7.08. The van der Waals surface area contributed by atoms with E-state index in [1.165, 1.54) is 0 Å². The van der Waals surface area contributed by atoms with Crippen molar-refractivity contribution in [2.75, 3.05) is 32.8 Å². The molecular weight excluding hydrogens is 336 g/mol. The van der Waals surface area contributed by atoms with Crippen molar-refractivity contribution in [3.8, 4) is 0 Å². The van der Waals surface area contributed by atoms with E-state index < -0.39 is 0 Å². The second-order valence-electron chi connectivity index (χ2n) is 6.85. The Bertz CT molecular complexity index is 694. The van der Waals surface area contributed by atoms with Crippen LogP contribution in [0.4, 0.5) is 0 Å². The zero-order valence-corrected chi connectivity index (χ0v) is 14.9. The summed E-state index contributed by atoms with van der Waals surface area (Å²) in [5.74, 6) is 0.562. The number of ether oxygens (including phenoxy) is 1. The SMILES string of the molecule is O=C(Cc1ccsc1)N1C[C@H]2COC[C@@H]1CN(Cc1cncnc1)C2. The number of aromatic nitrogens is 2. The number of amides is 1. The van der Waals surface area contributed by atoms with Gasteiger partial charge in [-0.15, -0.1) is 0 Å². The summed E-state index contributed by atoms with van der Waals surface area (Å²) >= 11 is 1.64. The smallest absolute Gasteiger partial charge is 0.227 e. The first-order valence-electron chi connectivity index (χ1n) is 8.62. The van der Waals surface area contributed by atoms with Crippen molar-refractivity contribution >= 4 is 17.2 Å². The minimum Gasteiger partial charge on any atom is -0.379 e. The molecule has 4 rings (SSSR count). The van der Waals surface area contributed by atoms with E-state index in [9.17, 15) is 4.79 Å². The van der Waals surface area contributed by atoms with Gasteiger partial charge < -0.3 is 9.64 Å². The quantitative estimate of drug-likeness (QED) is 0.828. The maximum Gasteiger partial charge on any atom is 0.227 e. The number of carbonyl (C=O) groups excluding carboxylic acids is 1. The topological polar surface area (TPSA) is 58.6 Å². The molecular formula is C18H22N4O2S. The van der Waals surface area contributed by atoms with E-state index in [0.717, 1.165) is 43.9 Å². The van der Waals surface area contributed by atoms with Gasteiger partial charge >= 0.3 is 0 Å². The van der Waals surface area contributed by atoms with Gasteiger partial charge in [0.2, 0.25) is 5.91 Å². The van der Waals surface area contributed by atoms with E-state index >= 15 is 0 Å². The highest BCUT2D eigenvalue weighted by Gasteiger charge is 2.35. The van der Waals surface area contributed by atoms with Crippen LogP contribution in [-0.2, 0) is 22.5 Å². The van der Waals surface area contributed by atoms with Gasteiger partial charge in [-0.25, -0.2) is 9.97 Å². The molecule has 7 heteroatoms. The Kier molecular flexibility index (Phi) is 5.05. The van der Waals surface area contributed by atoms with Gasteiger partial charge in [0, 0.05) is 50.1 Å². The predicted molar refractivity (Wildman–Crippen MR) is 95.1 cm³/mol. The highest BCUT2D eigenvalue weighted by Crippen LogP contribution is 2.22. The monoisotopic (exact) mass is 358 g/mol. The Morgan fingerprint density at radius 2 is 2.08 bits per heavy atom. The maximum absolute atomic E-state index is 12.9. The van der Waals surface area contributed by atoms with Crippen molar-refractivity contribution < 1.29 is 9.53 Å². The van der Waals surface area contributed by atoms with Crippen LogP contribution < -0.4 is 0 Å². The van der Waals surface area contributed by atoms with E-state index in [-0.39, 0.29) is 11.9 Å². The van der Waals surface area contributed by atoms with Gasteiger partial charge in [0.05, 0.1) is 25.7 Å². The number of rotatable bonds is 4. The van der Waals surface area contributed by atoms with Crippen molar-refractivity contribution in [2.45, 2.75) is 19.0 Å². The molecule has 0 unspecified atom stereocenters. The van der Waals surface area contributed by atoms with Gasteiger partial charge in [-0.05, 0) is 22.4 Å². The number of hydrogen-bond acceptors (Lipinski definition) is 6. The molecule has 0 aliphatic carbocycles. The molecule has 1 amide bonds. The standard InChI is InChI=1S/C18H22N4O2S/c23-18(3-14-1-2-25-12-14)22-8-16-7-21(9-17(22)11-24-10-16)6-15-4-19-13-20-5-15/h1-2,4-5,12-13,16-17H,3,6-11H2/t16-,17-/m0/s1.